The fraction of sp³-hybridized carbons (Fsp3) is 0.417. The summed E-state index contributed by atoms with van der Waals surface area (Å²) in [4.78, 5) is 16.1. The van der Waals surface area contributed by atoms with Crippen molar-refractivity contribution in [2.45, 2.75) is 32.7 Å². The molecule has 0 saturated heterocycles. The van der Waals surface area contributed by atoms with Crippen LogP contribution in [0.4, 0.5) is 0 Å². The molecule has 18 heavy (non-hydrogen) atoms. The van der Waals surface area contributed by atoms with Crippen molar-refractivity contribution in [3.8, 4) is 0 Å². The summed E-state index contributed by atoms with van der Waals surface area (Å²) in [6.45, 7) is 4.67. The van der Waals surface area contributed by atoms with E-state index in [1.165, 1.54) is 0 Å². The van der Waals surface area contributed by atoms with Gasteiger partial charge in [-0.25, -0.2) is 4.98 Å². The van der Waals surface area contributed by atoms with Gasteiger partial charge in [0, 0.05) is 17.5 Å². The van der Waals surface area contributed by atoms with E-state index in [1.807, 2.05) is 11.4 Å². The van der Waals surface area contributed by atoms with Gasteiger partial charge in [-0.15, -0.1) is 11.3 Å². The number of rotatable bonds is 5. The van der Waals surface area contributed by atoms with Gasteiger partial charge >= 0.3 is 0 Å². The third-order valence-corrected chi connectivity index (χ3v) is 3.63. The molecule has 1 amide bonds. The van der Waals surface area contributed by atoms with Crippen molar-refractivity contribution in [3.05, 3.63) is 34.0 Å². The van der Waals surface area contributed by atoms with E-state index in [-0.39, 0.29) is 5.91 Å². The lowest BCUT2D eigenvalue weighted by Crippen LogP contribution is -2.24. The molecule has 6 heteroatoms. The average Bonchev–Trinajstić information content (AvgIpc) is 2.96. The van der Waals surface area contributed by atoms with Gasteiger partial charge in [0.15, 0.2) is 0 Å². The van der Waals surface area contributed by atoms with E-state index in [2.05, 4.69) is 34.3 Å². The molecule has 0 spiro atoms. The smallest absolute Gasteiger partial charge is 0.226 e. The SMILES string of the molecule is CC(C)c1nc(CC(=O)NCc2ccn[nH]2)cs1. The minimum Gasteiger partial charge on any atom is -0.350 e. The van der Waals surface area contributed by atoms with E-state index >= 15 is 0 Å². The van der Waals surface area contributed by atoms with Gasteiger partial charge in [0.1, 0.15) is 0 Å². The van der Waals surface area contributed by atoms with Crippen molar-refractivity contribution in [2.75, 3.05) is 0 Å². The molecule has 0 bridgehead atoms. The number of hydrogen-bond donors (Lipinski definition) is 2. The molecule has 2 aromatic rings. The first kappa shape index (κ1) is 12.8. The highest BCUT2D eigenvalue weighted by atomic mass is 32.1. The first-order valence-electron chi connectivity index (χ1n) is 5.84. The second kappa shape index (κ2) is 5.77. The van der Waals surface area contributed by atoms with Gasteiger partial charge in [-0.05, 0) is 6.07 Å². The van der Waals surface area contributed by atoms with Crippen LogP contribution in [0.2, 0.25) is 0 Å². The van der Waals surface area contributed by atoms with Crippen LogP contribution in [0, 0.1) is 0 Å². The normalized spacial score (nSPS) is 10.8. The van der Waals surface area contributed by atoms with Crippen molar-refractivity contribution in [1.29, 1.82) is 0 Å². The summed E-state index contributed by atoms with van der Waals surface area (Å²) in [5, 5.41) is 12.5. The zero-order valence-corrected chi connectivity index (χ0v) is 11.3. The molecule has 96 valence electrons. The third-order valence-electron chi connectivity index (χ3n) is 2.44. The van der Waals surface area contributed by atoms with Crippen LogP contribution in [0.1, 0.15) is 36.2 Å². The predicted octanol–water partition coefficient (Wildman–Crippen LogP) is 1.85. The maximum Gasteiger partial charge on any atom is 0.226 e. The number of aromatic nitrogens is 3. The molecule has 2 heterocycles. The second-order valence-electron chi connectivity index (χ2n) is 4.37. The highest BCUT2D eigenvalue weighted by molar-refractivity contribution is 7.09. The Bertz CT molecular complexity index is 504. The van der Waals surface area contributed by atoms with E-state index in [4.69, 9.17) is 0 Å². The molecule has 5 nitrogen and oxygen atoms in total. The first-order chi connectivity index (χ1) is 8.65. The van der Waals surface area contributed by atoms with Crippen LogP contribution in [0.3, 0.4) is 0 Å². The quantitative estimate of drug-likeness (QED) is 0.865. The molecule has 0 aliphatic carbocycles. The molecule has 0 radical (unpaired) electrons. The van der Waals surface area contributed by atoms with Gasteiger partial charge in [0.25, 0.3) is 0 Å². The largest absolute Gasteiger partial charge is 0.350 e. The molecule has 0 saturated carbocycles. The Hall–Kier alpha value is -1.69. The molecule has 2 aromatic heterocycles. The van der Waals surface area contributed by atoms with Gasteiger partial charge in [-0.1, -0.05) is 13.8 Å². The fourth-order valence-electron chi connectivity index (χ4n) is 1.47. The molecular weight excluding hydrogens is 248 g/mol. The second-order valence-corrected chi connectivity index (χ2v) is 5.26. The number of amides is 1. The summed E-state index contributed by atoms with van der Waals surface area (Å²) in [5.41, 5.74) is 1.73. The van der Waals surface area contributed by atoms with Gasteiger partial charge in [-0.3, -0.25) is 9.89 Å². The van der Waals surface area contributed by atoms with Crippen molar-refractivity contribution >= 4 is 17.2 Å². The summed E-state index contributed by atoms with van der Waals surface area (Å²) in [5.74, 6) is 0.391. The number of thiazole rings is 1. The van der Waals surface area contributed by atoms with E-state index in [9.17, 15) is 4.79 Å². The summed E-state index contributed by atoms with van der Waals surface area (Å²) < 4.78 is 0. The number of nitrogens with zero attached hydrogens (tertiary/aromatic N) is 2. The Morgan fingerprint density at radius 2 is 2.39 bits per heavy atom. The van der Waals surface area contributed by atoms with Crippen LogP contribution < -0.4 is 5.32 Å². The molecule has 2 rings (SSSR count). The van der Waals surface area contributed by atoms with Gasteiger partial charge in [0.05, 0.1) is 29.4 Å². The maximum atomic E-state index is 11.7. The van der Waals surface area contributed by atoms with E-state index in [1.54, 1.807) is 17.5 Å². The van der Waals surface area contributed by atoms with Crippen molar-refractivity contribution in [2.24, 2.45) is 0 Å². The molecule has 0 aliphatic rings. The highest BCUT2D eigenvalue weighted by Crippen LogP contribution is 2.19. The number of hydrogen-bond acceptors (Lipinski definition) is 4. The lowest BCUT2D eigenvalue weighted by Gasteiger charge is -2.01. The minimum atomic E-state index is -0.0230. The molecule has 0 fully saturated rings. The third kappa shape index (κ3) is 3.40. The summed E-state index contributed by atoms with van der Waals surface area (Å²) in [6, 6.07) is 1.83. The van der Waals surface area contributed by atoms with Crippen LogP contribution in [0.15, 0.2) is 17.6 Å². The minimum absolute atomic E-state index is 0.0230. The van der Waals surface area contributed by atoms with E-state index in [0.29, 0.717) is 18.9 Å². The Morgan fingerprint density at radius 3 is 3.00 bits per heavy atom. The molecule has 0 aromatic carbocycles. The zero-order valence-electron chi connectivity index (χ0n) is 10.4. The lowest BCUT2D eigenvalue weighted by atomic mass is 10.2. The average molecular weight is 264 g/mol. The number of carbonyl (C=O) groups is 1. The molecule has 0 unspecified atom stereocenters. The number of carbonyl (C=O) groups excluding carboxylic acids is 1. The Labute approximate surface area is 110 Å². The molecule has 0 aliphatic heterocycles. The molecule has 0 atom stereocenters. The maximum absolute atomic E-state index is 11.7. The number of nitrogens with one attached hydrogen (secondary N) is 2. The lowest BCUT2D eigenvalue weighted by molar-refractivity contribution is -0.120. The summed E-state index contributed by atoms with van der Waals surface area (Å²) >= 11 is 1.61. The van der Waals surface area contributed by atoms with Crippen LogP contribution in [0.5, 0.6) is 0 Å². The number of aromatic amines is 1. The van der Waals surface area contributed by atoms with E-state index in [0.717, 1.165) is 16.4 Å². The standard InChI is InChI=1S/C12H16N4OS/c1-8(2)12-15-10(7-18-12)5-11(17)13-6-9-3-4-14-16-9/h3-4,7-8H,5-6H2,1-2H3,(H,13,17)(H,14,16). The van der Waals surface area contributed by atoms with Gasteiger partial charge in [0.2, 0.25) is 5.91 Å². The molecular formula is C12H16N4OS. The van der Waals surface area contributed by atoms with E-state index < -0.39 is 0 Å². The predicted molar refractivity (Wildman–Crippen MR) is 70.3 cm³/mol. The van der Waals surface area contributed by atoms with Gasteiger partial charge in [-0.2, -0.15) is 5.10 Å². The van der Waals surface area contributed by atoms with Crippen molar-refractivity contribution < 1.29 is 4.79 Å². The molecule has 2 N–H and O–H groups in total. The van der Waals surface area contributed by atoms with Crippen LogP contribution in [0.25, 0.3) is 0 Å². The Morgan fingerprint density at radius 1 is 1.56 bits per heavy atom. The Kier molecular flexibility index (Phi) is 4.09. The highest BCUT2D eigenvalue weighted by Gasteiger charge is 2.09. The van der Waals surface area contributed by atoms with Gasteiger partial charge < -0.3 is 5.32 Å². The van der Waals surface area contributed by atoms with Crippen molar-refractivity contribution in [3.63, 3.8) is 0 Å². The summed E-state index contributed by atoms with van der Waals surface area (Å²) in [6.07, 6.45) is 1.99. The van der Waals surface area contributed by atoms with Crippen molar-refractivity contribution in [1.82, 2.24) is 20.5 Å². The van der Waals surface area contributed by atoms with Crippen LogP contribution >= 0.6 is 11.3 Å². The van der Waals surface area contributed by atoms with Crippen LogP contribution in [-0.4, -0.2) is 21.1 Å². The topological polar surface area (TPSA) is 70.7 Å². The van der Waals surface area contributed by atoms with Crippen LogP contribution in [-0.2, 0) is 17.8 Å². The monoisotopic (exact) mass is 264 g/mol. The summed E-state index contributed by atoms with van der Waals surface area (Å²) in [7, 11) is 0. The fourth-order valence-corrected chi connectivity index (χ4v) is 2.31. The zero-order chi connectivity index (χ0) is 13.0. The first-order valence-corrected chi connectivity index (χ1v) is 6.72. The Balaban J connectivity index is 1.83. The number of H-pyrrole nitrogens is 1.